The summed E-state index contributed by atoms with van der Waals surface area (Å²) in [5.74, 6) is -0.464. The predicted octanol–water partition coefficient (Wildman–Crippen LogP) is 4.43. The molecule has 152 valence electrons. The van der Waals surface area contributed by atoms with Gasteiger partial charge in [0.2, 0.25) is 5.88 Å². The number of hydrogen-bond donors (Lipinski definition) is 2. The summed E-state index contributed by atoms with van der Waals surface area (Å²) in [4.78, 5) is 28.1. The third-order valence-electron chi connectivity index (χ3n) is 7.08. The largest absolute Gasteiger partial charge is 0.494 e. The van der Waals surface area contributed by atoms with Gasteiger partial charge >= 0.3 is 6.03 Å². The molecule has 2 N–H and O–H groups in total. The molecule has 3 amide bonds. The lowest BCUT2D eigenvalue weighted by molar-refractivity contribution is -0.113. The maximum Gasteiger partial charge on any atom is 0.348 e. The number of imide groups is 1. The molecule has 0 atom stereocenters. The van der Waals surface area contributed by atoms with Gasteiger partial charge < -0.3 is 9.67 Å². The van der Waals surface area contributed by atoms with Gasteiger partial charge in [-0.25, -0.2) is 4.79 Å². The standard InChI is InChI=1S/C23H27N3O3/c1-13-10-14-16(17-19(27)25-21(29)24-17)20(28)26-18(14)15(11-13)22(2,3)12-23(26)8-6-4-5-7-9-23/h10-11,28H,4-9,12H2,1-3H3,(H,25,27,29). The van der Waals surface area contributed by atoms with Crippen LogP contribution in [-0.2, 0) is 15.7 Å². The summed E-state index contributed by atoms with van der Waals surface area (Å²) in [5, 5.41) is 14.5. The van der Waals surface area contributed by atoms with Crippen LogP contribution in [0.4, 0.5) is 4.79 Å². The molecule has 0 radical (unpaired) electrons. The quantitative estimate of drug-likeness (QED) is 0.752. The number of carbonyl (C=O) groups excluding carboxylic acids is 2. The molecule has 2 aromatic rings. The van der Waals surface area contributed by atoms with E-state index in [2.05, 4.69) is 34.8 Å². The molecular formula is C23H27N3O3. The van der Waals surface area contributed by atoms with Crippen LogP contribution >= 0.6 is 0 Å². The van der Waals surface area contributed by atoms with Crippen molar-refractivity contribution < 1.29 is 14.7 Å². The molecule has 6 heteroatoms. The van der Waals surface area contributed by atoms with E-state index in [0.717, 1.165) is 48.6 Å². The number of rotatable bonds is 1. The van der Waals surface area contributed by atoms with Crippen molar-refractivity contribution >= 4 is 28.6 Å². The normalized spacial score (nSPS) is 22.7. The van der Waals surface area contributed by atoms with Crippen LogP contribution in [0.3, 0.4) is 0 Å². The third kappa shape index (κ3) is 2.51. The number of amides is 3. The van der Waals surface area contributed by atoms with Crippen LogP contribution in [0, 0.1) is 6.92 Å². The summed E-state index contributed by atoms with van der Waals surface area (Å²) in [6, 6.07) is 3.54. The zero-order valence-electron chi connectivity index (χ0n) is 17.3. The molecule has 0 bridgehead atoms. The first-order valence-electron chi connectivity index (χ1n) is 10.6. The first-order chi connectivity index (χ1) is 13.7. The second-order valence-corrected chi connectivity index (χ2v) is 9.66. The van der Waals surface area contributed by atoms with Crippen molar-refractivity contribution in [2.75, 3.05) is 0 Å². The van der Waals surface area contributed by atoms with E-state index < -0.39 is 11.9 Å². The SMILES string of the molecule is Cc1cc2c3c(c1)c(C1=NC(=O)NC1=O)c(O)n3C1(CCCCCC1)CC2(C)C. The summed E-state index contributed by atoms with van der Waals surface area (Å²) >= 11 is 0. The van der Waals surface area contributed by atoms with Gasteiger partial charge in [0.15, 0.2) is 0 Å². The van der Waals surface area contributed by atoms with E-state index in [9.17, 15) is 14.7 Å². The fourth-order valence-corrected chi connectivity index (χ4v) is 6.05. The molecule has 1 aromatic carbocycles. The van der Waals surface area contributed by atoms with Gasteiger partial charge in [0, 0.05) is 10.9 Å². The molecule has 0 saturated heterocycles. The Morgan fingerprint density at radius 2 is 1.79 bits per heavy atom. The zero-order valence-corrected chi connectivity index (χ0v) is 17.3. The van der Waals surface area contributed by atoms with Crippen molar-refractivity contribution in [1.82, 2.24) is 9.88 Å². The number of aliphatic imine (C=N–C) groups is 1. The van der Waals surface area contributed by atoms with Gasteiger partial charge in [0.25, 0.3) is 5.91 Å². The van der Waals surface area contributed by atoms with Crippen LogP contribution < -0.4 is 5.32 Å². The summed E-state index contributed by atoms with van der Waals surface area (Å²) in [7, 11) is 0. The van der Waals surface area contributed by atoms with Gasteiger partial charge in [-0.3, -0.25) is 10.1 Å². The number of benzene rings is 1. The number of hydrogen-bond acceptors (Lipinski definition) is 3. The van der Waals surface area contributed by atoms with Crippen molar-refractivity contribution in [2.45, 2.75) is 76.7 Å². The molecule has 0 unspecified atom stereocenters. The topological polar surface area (TPSA) is 83.7 Å². The Morgan fingerprint density at radius 3 is 2.41 bits per heavy atom. The maximum absolute atomic E-state index is 12.4. The van der Waals surface area contributed by atoms with E-state index in [4.69, 9.17) is 0 Å². The zero-order chi connectivity index (χ0) is 20.6. The Kier molecular flexibility index (Phi) is 3.77. The van der Waals surface area contributed by atoms with Gasteiger partial charge in [0.05, 0.1) is 11.1 Å². The number of carbonyl (C=O) groups is 2. The molecule has 1 aromatic heterocycles. The molecule has 1 fully saturated rings. The maximum atomic E-state index is 12.4. The van der Waals surface area contributed by atoms with Crippen LogP contribution in [0.2, 0.25) is 0 Å². The number of nitrogens with one attached hydrogen (secondary N) is 1. The number of urea groups is 1. The molecule has 2 aliphatic heterocycles. The molecule has 1 spiro atoms. The van der Waals surface area contributed by atoms with Gasteiger partial charge in [-0.05, 0) is 43.2 Å². The van der Waals surface area contributed by atoms with Crippen molar-refractivity contribution in [3.63, 3.8) is 0 Å². The highest BCUT2D eigenvalue weighted by Gasteiger charge is 2.47. The average Bonchev–Trinajstić information content (AvgIpc) is 2.99. The molecular weight excluding hydrogens is 366 g/mol. The van der Waals surface area contributed by atoms with E-state index in [1.165, 1.54) is 18.4 Å². The number of nitrogens with zero attached hydrogens (tertiary/aromatic N) is 2. The molecule has 29 heavy (non-hydrogen) atoms. The van der Waals surface area contributed by atoms with Gasteiger partial charge in [-0.15, -0.1) is 0 Å². The Bertz CT molecular complexity index is 1100. The van der Waals surface area contributed by atoms with Crippen LogP contribution in [0.15, 0.2) is 17.1 Å². The monoisotopic (exact) mass is 393 g/mol. The minimum absolute atomic E-state index is 0.0243. The number of aryl methyl sites for hydroxylation is 1. The third-order valence-corrected chi connectivity index (χ3v) is 7.08. The van der Waals surface area contributed by atoms with E-state index in [1.807, 2.05) is 13.0 Å². The van der Waals surface area contributed by atoms with E-state index in [0.29, 0.717) is 5.56 Å². The summed E-state index contributed by atoms with van der Waals surface area (Å²) in [6.45, 7) is 6.59. The Labute approximate surface area is 170 Å². The highest BCUT2D eigenvalue weighted by atomic mass is 16.3. The average molecular weight is 393 g/mol. The highest BCUT2D eigenvalue weighted by Crippen LogP contribution is 2.54. The number of fused-ring (bicyclic) bond motifs is 1. The molecule has 1 saturated carbocycles. The fraction of sp³-hybridized carbons (Fsp3) is 0.522. The molecule has 6 nitrogen and oxygen atoms in total. The van der Waals surface area contributed by atoms with Crippen LogP contribution in [0.5, 0.6) is 5.88 Å². The van der Waals surface area contributed by atoms with Gasteiger partial charge in [-0.2, -0.15) is 4.99 Å². The lowest BCUT2D eigenvalue weighted by Gasteiger charge is -2.47. The second-order valence-electron chi connectivity index (χ2n) is 9.66. The van der Waals surface area contributed by atoms with Crippen molar-refractivity contribution in [3.8, 4) is 5.88 Å². The van der Waals surface area contributed by atoms with E-state index in [1.54, 1.807) is 0 Å². The van der Waals surface area contributed by atoms with Crippen molar-refractivity contribution in [2.24, 2.45) is 4.99 Å². The summed E-state index contributed by atoms with van der Waals surface area (Å²) < 4.78 is 2.10. The van der Waals surface area contributed by atoms with Gasteiger partial charge in [0.1, 0.15) is 5.71 Å². The van der Waals surface area contributed by atoms with E-state index in [-0.39, 0.29) is 22.5 Å². The predicted molar refractivity (Wildman–Crippen MR) is 112 cm³/mol. The lowest BCUT2D eigenvalue weighted by atomic mass is 9.67. The smallest absolute Gasteiger partial charge is 0.348 e. The van der Waals surface area contributed by atoms with Crippen LogP contribution in [-0.4, -0.2) is 27.3 Å². The van der Waals surface area contributed by atoms with Crippen molar-refractivity contribution in [3.05, 3.63) is 28.8 Å². The van der Waals surface area contributed by atoms with Gasteiger partial charge in [-0.1, -0.05) is 51.2 Å². The van der Waals surface area contributed by atoms with E-state index >= 15 is 0 Å². The Hall–Kier alpha value is -2.63. The van der Waals surface area contributed by atoms with Crippen molar-refractivity contribution in [1.29, 1.82) is 0 Å². The summed E-state index contributed by atoms with van der Waals surface area (Å²) in [6.07, 6.45) is 7.66. The number of aromatic hydroxyl groups is 1. The van der Waals surface area contributed by atoms with Crippen LogP contribution in [0.1, 0.15) is 75.5 Å². The van der Waals surface area contributed by atoms with Crippen LogP contribution in [0.25, 0.3) is 10.9 Å². The Balaban J connectivity index is 1.90. The first kappa shape index (κ1) is 18.4. The molecule has 3 aliphatic rings. The molecule has 3 heterocycles. The molecule has 1 aliphatic carbocycles. The second kappa shape index (κ2) is 5.94. The minimum atomic E-state index is -0.669. The summed E-state index contributed by atoms with van der Waals surface area (Å²) in [5.41, 5.74) is 3.45. The molecule has 5 rings (SSSR count). The fourth-order valence-electron chi connectivity index (χ4n) is 6.05. The number of aromatic nitrogens is 1. The minimum Gasteiger partial charge on any atom is -0.494 e. The lowest BCUT2D eigenvalue weighted by Crippen LogP contribution is -2.43. The first-order valence-corrected chi connectivity index (χ1v) is 10.6. The highest BCUT2D eigenvalue weighted by molar-refractivity contribution is 6.53. The Morgan fingerprint density at radius 1 is 1.10 bits per heavy atom.